The first kappa shape index (κ1) is 27.7. The molecule has 5 aromatic rings. The molecular formula is C33H25N3O6S. The molecule has 0 saturated heterocycles. The minimum Gasteiger partial charge on any atom is -0.497 e. The molecule has 10 heteroatoms. The highest BCUT2D eigenvalue weighted by molar-refractivity contribution is 7.07. The standard InChI is InChI=1S/C33H25N3O6S/c1-19-28(30(37)35-23-6-4-3-5-7-23)29(21-12-14-24(41-2)15-13-21)36-31(38)27(43-33(36)34-19)18-25-16-17-26(42-25)20-8-10-22(11-9-20)32(39)40/h3-18,29H,1-2H3,(H,35,37)(H,39,40)/b27-18-. The lowest BCUT2D eigenvalue weighted by atomic mass is 9.95. The quantitative estimate of drug-likeness (QED) is 0.279. The zero-order chi connectivity index (χ0) is 30.1. The highest BCUT2D eigenvalue weighted by atomic mass is 32.1. The second-order valence-electron chi connectivity index (χ2n) is 9.76. The maximum absolute atomic E-state index is 13.9. The Morgan fingerprint density at radius 2 is 1.72 bits per heavy atom. The van der Waals surface area contributed by atoms with Gasteiger partial charge in [-0.05, 0) is 61.0 Å². The molecule has 1 atom stereocenters. The number of aromatic carboxylic acids is 1. The number of rotatable bonds is 7. The van der Waals surface area contributed by atoms with Gasteiger partial charge in [-0.25, -0.2) is 9.79 Å². The van der Waals surface area contributed by atoms with E-state index < -0.39 is 12.0 Å². The van der Waals surface area contributed by atoms with E-state index in [0.29, 0.717) is 49.1 Å². The Morgan fingerprint density at radius 3 is 2.40 bits per heavy atom. The average molecular weight is 592 g/mol. The van der Waals surface area contributed by atoms with Crippen LogP contribution in [0.2, 0.25) is 0 Å². The van der Waals surface area contributed by atoms with Gasteiger partial charge in [-0.1, -0.05) is 53.8 Å². The van der Waals surface area contributed by atoms with Crippen LogP contribution in [0.25, 0.3) is 17.4 Å². The molecule has 1 aliphatic rings. The number of carbonyl (C=O) groups is 2. The lowest BCUT2D eigenvalue weighted by Gasteiger charge is -2.25. The molecule has 3 heterocycles. The van der Waals surface area contributed by atoms with Crippen molar-refractivity contribution in [3.63, 3.8) is 0 Å². The van der Waals surface area contributed by atoms with Crippen molar-refractivity contribution in [3.8, 4) is 17.1 Å². The maximum atomic E-state index is 13.9. The predicted octanol–water partition coefficient (Wildman–Crippen LogP) is 4.84. The second-order valence-corrected chi connectivity index (χ2v) is 10.8. The number of nitrogens with one attached hydrogen (secondary N) is 1. The first-order valence-corrected chi connectivity index (χ1v) is 14.1. The number of amides is 1. The summed E-state index contributed by atoms with van der Waals surface area (Å²) in [6, 6.07) is 25.5. The summed E-state index contributed by atoms with van der Waals surface area (Å²) in [5.41, 5.74) is 2.79. The summed E-state index contributed by atoms with van der Waals surface area (Å²) >= 11 is 1.21. The zero-order valence-corrected chi connectivity index (χ0v) is 23.9. The summed E-state index contributed by atoms with van der Waals surface area (Å²) < 4.78 is 13.2. The van der Waals surface area contributed by atoms with E-state index in [4.69, 9.17) is 14.3 Å². The fourth-order valence-corrected chi connectivity index (χ4v) is 5.95. The minimum atomic E-state index is -1.01. The number of fused-ring (bicyclic) bond motifs is 1. The van der Waals surface area contributed by atoms with Crippen LogP contribution in [0.5, 0.6) is 5.75 Å². The number of carbonyl (C=O) groups excluding carboxylic acids is 1. The molecule has 0 spiro atoms. The molecule has 6 rings (SSSR count). The van der Waals surface area contributed by atoms with Gasteiger partial charge < -0.3 is 19.6 Å². The lowest BCUT2D eigenvalue weighted by molar-refractivity contribution is -0.113. The molecule has 0 bridgehead atoms. The van der Waals surface area contributed by atoms with E-state index in [1.54, 1.807) is 73.2 Å². The SMILES string of the molecule is COc1ccc(C2C(C(=O)Nc3ccccc3)=C(C)N=c3s/c(=C\c4ccc(-c5ccc(C(=O)O)cc5)o4)c(=O)n32)cc1. The van der Waals surface area contributed by atoms with Crippen LogP contribution < -0.4 is 24.9 Å². The maximum Gasteiger partial charge on any atom is 0.335 e. The molecule has 43 heavy (non-hydrogen) atoms. The zero-order valence-electron chi connectivity index (χ0n) is 23.1. The van der Waals surface area contributed by atoms with Crippen molar-refractivity contribution in [1.82, 2.24) is 4.57 Å². The molecule has 1 aliphatic heterocycles. The van der Waals surface area contributed by atoms with Crippen molar-refractivity contribution >= 4 is 35.0 Å². The Morgan fingerprint density at radius 1 is 1.00 bits per heavy atom. The Hall–Kier alpha value is -5.48. The van der Waals surface area contributed by atoms with Crippen LogP contribution in [0.4, 0.5) is 5.69 Å². The van der Waals surface area contributed by atoms with E-state index in [2.05, 4.69) is 10.3 Å². The molecule has 9 nitrogen and oxygen atoms in total. The monoisotopic (exact) mass is 591 g/mol. The van der Waals surface area contributed by atoms with Crippen LogP contribution in [-0.4, -0.2) is 28.7 Å². The number of aromatic nitrogens is 1. The summed E-state index contributed by atoms with van der Waals surface area (Å²) in [7, 11) is 1.58. The van der Waals surface area contributed by atoms with Crippen LogP contribution in [0.1, 0.15) is 34.6 Å². The predicted molar refractivity (Wildman–Crippen MR) is 163 cm³/mol. The molecular weight excluding hydrogens is 566 g/mol. The summed E-state index contributed by atoms with van der Waals surface area (Å²) in [6.07, 6.45) is 1.65. The van der Waals surface area contributed by atoms with Crippen molar-refractivity contribution in [2.24, 2.45) is 4.99 Å². The molecule has 0 aliphatic carbocycles. The Bertz CT molecular complexity index is 2050. The van der Waals surface area contributed by atoms with Gasteiger partial charge in [-0.3, -0.25) is 14.2 Å². The van der Waals surface area contributed by atoms with Gasteiger partial charge in [0, 0.05) is 17.3 Å². The highest BCUT2D eigenvalue weighted by Crippen LogP contribution is 2.32. The fourth-order valence-electron chi connectivity index (χ4n) is 4.93. The van der Waals surface area contributed by atoms with Crippen molar-refractivity contribution < 1.29 is 23.8 Å². The fraction of sp³-hybridized carbons (Fsp3) is 0.0909. The normalized spacial score (nSPS) is 14.7. The first-order valence-electron chi connectivity index (χ1n) is 13.3. The van der Waals surface area contributed by atoms with Gasteiger partial charge in [0.1, 0.15) is 17.3 Å². The Balaban J connectivity index is 1.42. The van der Waals surface area contributed by atoms with Gasteiger partial charge >= 0.3 is 5.97 Å². The minimum absolute atomic E-state index is 0.176. The third-order valence-corrected chi connectivity index (χ3v) is 8.03. The van der Waals surface area contributed by atoms with Crippen LogP contribution in [-0.2, 0) is 4.79 Å². The number of allylic oxidation sites excluding steroid dienone is 1. The number of thiazole rings is 1. The second kappa shape index (κ2) is 11.4. The molecule has 3 aromatic carbocycles. The van der Waals surface area contributed by atoms with E-state index >= 15 is 0 Å². The Labute approximate surface area is 249 Å². The van der Waals surface area contributed by atoms with Gasteiger partial charge in [0.2, 0.25) is 0 Å². The average Bonchev–Trinajstić information content (AvgIpc) is 3.61. The van der Waals surface area contributed by atoms with Crippen LogP contribution in [0.15, 0.2) is 116 Å². The number of methoxy groups -OCH3 is 1. The van der Waals surface area contributed by atoms with Crippen molar-refractivity contribution in [2.75, 3.05) is 12.4 Å². The topological polar surface area (TPSA) is 123 Å². The number of hydrogen-bond donors (Lipinski definition) is 2. The van der Waals surface area contributed by atoms with Gasteiger partial charge in [0.15, 0.2) is 4.80 Å². The van der Waals surface area contributed by atoms with Gasteiger partial charge in [-0.15, -0.1) is 0 Å². The van der Waals surface area contributed by atoms with Crippen molar-refractivity contribution in [2.45, 2.75) is 13.0 Å². The number of ether oxygens (including phenoxy) is 1. The number of furan rings is 1. The third kappa shape index (κ3) is 5.43. The largest absolute Gasteiger partial charge is 0.497 e. The van der Waals surface area contributed by atoms with E-state index in [-0.39, 0.29) is 17.0 Å². The van der Waals surface area contributed by atoms with Gasteiger partial charge in [0.05, 0.1) is 34.5 Å². The summed E-state index contributed by atoms with van der Waals surface area (Å²) in [5, 5.41) is 12.1. The van der Waals surface area contributed by atoms with Crippen molar-refractivity contribution in [3.05, 3.63) is 139 Å². The summed E-state index contributed by atoms with van der Waals surface area (Å²) in [5.74, 6) is 0.264. The summed E-state index contributed by atoms with van der Waals surface area (Å²) in [6.45, 7) is 1.77. The van der Waals surface area contributed by atoms with E-state index in [0.717, 1.165) is 5.56 Å². The van der Waals surface area contributed by atoms with Crippen LogP contribution in [0, 0.1) is 0 Å². The first-order chi connectivity index (χ1) is 20.8. The van der Waals surface area contributed by atoms with Crippen LogP contribution in [0.3, 0.4) is 0 Å². The smallest absolute Gasteiger partial charge is 0.335 e. The highest BCUT2D eigenvalue weighted by Gasteiger charge is 2.32. The number of nitrogens with zero attached hydrogens (tertiary/aromatic N) is 2. The number of para-hydroxylation sites is 1. The lowest BCUT2D eigenvalue weighted by Crippen LogP contribution is -2.40. The van der Waals surface area contributed by atoms with E-state index in [1.165, 1.54) is 23.5 Å². The molecule has 0 radical (unpaired) electrons. The number of carboxylic acids is 1. The molecule has 2 aromatic heterocycles. The third-order valence-electron chi connectivity index (χ3n) is 7.05. The van der Waals surface area contributed by atoms with Gasteiger partial charge in [0.25, 0.3) is 11.5 Å². The number of hydrogen-bond acceptors (Lipinski definition) is 7. The number of benzene rings is 3. The summed E-state index contributed by atoms with van der Waals surface area (Å²) in [4.78, 5) is 43.9. The van der Waals surface area contributed by atoms with Crippen LogP contribution >= 0.6 is 11.3 Å². The van der Waals surface area contributed by atoms with Crippen molar-refractivity contribution in [1.29, 1.82) is 0 Å². The van der Waals surface area contributed by atoms with E-state index in [1.807, 2.05) is 30.3 Å². The molecule has 214 valence electrons. The molecule has 0 saturated carbocycles. The Kier molecular flexibility index (Phi) is 7.35. The van der Waals surface area contributed by atoms with Gasteiger partial charge in [-0.2, -0.15) is 0 Å². The number of carboxylic acid groups (broad SMARTS) is 1. The molecule has 1 unspecified atom stereocenters. The number of anilines is 1. The molecule has 0 fully saturated rings. The van der Waals surface area contributed by atoms with E-state index in [9.17, 15) is 14.4 Å². The molecule has 2 N–H and O–H groups in total. The molecule has 1 amide bonds.